The number of likely N-dealkylation sites (tertiary alicyclic amines) is 1. The van der Waals surface area contributed by atoms with Crippen LogP contribution >= 0.6 is 0 Å². The molecule has 1 saturated heterocycles. The summed E-state index contributed by atoms with van der Waals surface area (Å²) >= 11 is 0. The molecule has 1 N–H and O–H groups in total. The van der Waals surface area contributed by atoms with E-state index in [0.29, 0.717) is 6.61 Å². The van der Waals surface area contributed by atoms with Gasteiger partial charge in [-0.3, -0.25) is 4.90 Å². The van der Waals surface area contributed by atoms with Gasteiger partial charge in [0.1, 0.15) is 0 Å². The first-order chi connectivity index (χ1) is 4.19. The third-order valence-corrected chi connectivity index (χ3v) is 2.47. The van der Waals surface area contributed by atoms with Gasteiger partial charge in [-0.2, -0.15) is 0 Å². The molecule has 2 heteroatoms. The van der Waals surface area contributed by atoms with Crippen molar-refractivity contribution < 1.29 is 5.11 Å². The second-order valence-electron chi connectivity index (χ2n) is 3.18. The first-order valence-electron chi connectivity index (χ1n) is 3.51. The molecule has 0 radical (unpaired) electrons. The van der Waals surface area contributed by atoms with Gasteiger partial charge in [-0.25, -0.2) is 0 Å². The van der Waals surface area contributed by atoms with E-state index in [2.05, 4.69) is 18.9 Å². The maximum absolute atomic E-state index is 8.95. The molecule has 1 atom stereocenters. The Balaban J connectivity index is 2.56. The van der Waals surface area contributed by atoms with E-state index in [-0.39, 0.29) is 5.54 Å². The first-order valence-corrected chi connectivity index (χ1v) is 3.51. The molecule has 9 heavy (non-hydrogen) atoms. The van der Waals surface area contributed by atoms with E-state index in [1.54, 1.807) is 0 Å². The molecule has 0 spiro atoms. The van der Waals surface area contributed by atoms with Crippen LogP contribution in [-0.4, -0.2) is 35.7 Å². The van der Waals surface area contributed by atoms with Crippen molar-refractivity contribution in [3.05, 3.63) is 0 Å². The van der Waals surface area contributed by atoms with Gasteiger partial charge in [-0.1, -0.05) is 0 Å². The molecule has 0 bridgehead atoms. The SMILES string of the molecule is CN1CCC[C@]1(C)CO. The summed E-state index contributed by atoms with van der Waals surface area (Å²) in [5.41, 5.74) is 0.0833. The van der Waals surface area contributed by atoms with Crippen molar-refractivity contribution in [3.8, 4) is 0 Å². The Hall–Kier alpha value is -0.0800. The third kappa shape index (κ3) is 1.10. The molecule has 1 heterocycles. The molecule has 0 aromatic rings. The Morgan fingerprint density at radius 1 is 1.67 bits per heavy atom. The molecule has 1 aliphatic rings. The molecule has 1 aliphatic heterocycles. The molecule has 54 valence electrons. The van der Waals surface area contributed by atoms with Crippen molar-refractivity contribution in [3.63, 3.8) is 0 Å². The lowest BCUT2D eigenvalue weighted by Gasteiger charge is -2.29. The van der Waals surface area contributed by atoms with E-state index in [0.717, 1.165) is 13.0 Å². The first kappa shape index (κ1) is 7.03. The fraction of sp³-hybridized carbons (Fsp3) is 1.00. The summed E-state index contributed by atoms with van der Waals surface area (Å²) < 4.78 is 0. The second-order valence-corrected chi connectivity index (χ2v) is 3.18. The molecule has 0 aromatic heterocycles. The van der Waals surface area contributed by atoms with Crippen molar-refractivity contribution in [2.75, 3.05) is 20.2 Å². The Labute approximate surface area is 56.5 Å². The van der Waals surface area contributed by atoms with Crippen molar-refractivity contribution in [2.45, 2.75) is 25.3 Å². The lowest BCUT2D eigenvalue weighted by Crippen LogP contribution is -2.41. The molecule has 1 rings (SSSR count). The van der Waals surface area contributed by atoms with Crippen LogP contribution in [0.3, 0.4) is 0 Å². The van der Waals surface area contributed by atoms with Crippen molar-refractivity contribution in [1.29, 1.82) is 0 Å². The van der Waals surface area contributed by atoms with Crippen molar-refractivity contribution >= 4 is 0 Å². The summed E-state index contributed by atoms with van der Waals surface area (Å²) in [4.78, 5) is 2.23. The number of likely N-dealkylation sites (N-methyl/N-ethyl adjacent to an activating group) is 1. The van der Waals surface area contributed by atoms with Crippen LogP contribution in [0.4, 0.5) is 0 Å². The highest BCUT2D eigenvalue weighted by atomic mass is 16.3. The van der Waals surface area contributed by atoms with Gasteiger partial charge in [-0.15, -0.1) is 0 Å². The van der Waals surface area contributed by atoms with Gasteiger partial charge in [0.2, 0.25) is 0 Å². The smallest absolute Gasteiger partial charge is 0.0612 e. The van der Waals surface area contributed by atoms with Crippen LogP contribution in [0.25, 0.3) is 0 Å². The van der Waals surface area contributed by atoms with Gasteiger partial charge < -0.3 is 5.11 Å². The van der Waals surface area contributed by atoms with Crippen LogP contribution in [0.2, 0.25) is 0 Å². The molecule has 0 saturated carbocycles. The fourth-order valence-electron chi connectivity index (χ4n) is 1.36. The lowest BCUT2D eigenvalue weighted by atomic mass is 10.0. The van der Waals surface area contributed by atoms with Crippen molar-refractivity contribution in [2.24, 2.45) is 0 Å². The average Bonchev–Trinajstić information content (AvgIpc) is 2.15. The van der Waals surface area contributed by atoms with Crippen LogP contribution in [0.1, 0.15) is 19.8 Å². The summed E-state index contributed by atoms with van der Waals surface area (Å²) in [5.74, 6) is 0. The van der Waals surface area contributed by atoms with Gasteiger partial charge in [0, 0.05) is 5.54 Å². The molecule has 0 unspecified atom stereocenters. The Morgan fingerprint density at radius 2 is 2.33 bits per heavy atom. The highest BCUT2D eigenvalue weighted by Crippen LogP contribution is 2.25. The third-order valence-electron chi connectivity index (χ3n) is 2.47. The molecular formula is C7H15NO. The average molecular weight is 129 g/mol. The van der Waals surface area contributed by atoms with Crippen LogP contribution in [0, 0.1) is 0 Å². The monoisotopic (exact) mass is 129 g/mol. The number of aliphatic hydroxyl groups excluding tert-OH is 1. The summed E-state index contributed by atoms with van der Waals surface area (Å²) in [6.07, 6.45) is 2.37. The zero-order chi connectivity index (χ0) is 6.91. The zero-order valence-electron chi connectivity index (χ0n) is 6.22. The van der Waals surface area contributed by atoms with Gasteiger partial charge in [0.05, 0.1) is 6.61 Å². The Kier molecular flexibility index (Phi) is 1.78. The second kappa shape index (κ2) is 2.27. The van der Waals surface area contributed by atoms with E-state index in [1.807, 2.05) is 0 Å². The summed E-state index contributed by atoms with van der Waals surface area (Å²) in [6.45, 7) is 3.54. The standard InChI is InChI=1S/C7H15NO/c1-7(6-9)4-3-5-8(7)2/h9H,3-6H2,1-2H3/t7-/m1/s1. The van der Waals surface area contributed by atoms with Gasteiger partial charge in [0.15, 0.2) is 0 Å². The van der Waals surface area contributed by atoms with E-state index in [4.69, 9.17) is 5.11 Å². The maximum atomic E-state index is 8.95. The zero-order valence-corrected chi connectivity index (χ0v) is 6.22. The maximum Gasteiger partial charge on any atom is 0.0612 e. The van der Waals surface area contributed by atoms with Crippen LogP contribution < -0.4 is 0 Å². The topological polar surface area (TPSA) is 23.5 Å². The Bertz CT molecular complexity index is 105. The number of aliphatic hydroxyl groups is 1. The number of hydrogen-bond acceptors (Lipinski definition) is 2. The molecule has 2 nitrogen and oxygen atoms in total. The minimum Gasteiger partial charge on any atom is -0.394 e. The highest BCUT2D eigenvalue weighted by Gasteiger charge is 2.32. The van der Waals surface area contributed by atoms with Gasteiger partial charge >= 0.3 is 0 Å². The molecule has 1 fully saturated rings. The summed E-state index contributed by atoms with van der Waals surface area (Å²) in [6, 6.07) is 0. The minimum absolute atomic E-state index is 0.0833. The van der Waals surface area contributed by atoms with E-state index in [1.165, 1.54) is 6.42 Å². The van der Waals surface area contributed by atoms with Gasteiger partial charge in [0.25, 0.3) is 0 Å². The molecule has 0 amide bonds. The summed E-state index contributed by atoms with van der Waals surface area (Å²) in [5, 5.41) is 8.95. The van der Waals surface area contributed by atoms with E-state index in [9.17, 15) is 0 Å². The van der Waals surface area contributed by atoms with Gasteiger partial charge in [-0.05, 0) is 33.4 Å². The predicted octanol–water partition coefficient (Wildman–Crippen LogP) is 0.463. The van der Waals surface area contributed by atoms with E-state index >= 15 is 0 Å². The van der Waals surface area contributed by atoms with E-state index < -0.39 is 0 Å². The van der Waals surface area contributed by atoms with Crippen molar-refractivity contribution in [1.82, 2.24) is 4.90 Å². The number of nitrogens with zero attached hydrogens (tertiary/aromatic N) is 1. The van der Waals surface area contributed by atoms with Crippen LogP contribution in [-0.2, 0) is 0 Å². The molecular weight excluding hydrogens is 114 g/mol. The summed E-state index contributed by atoms with van der Waals surface area (Å²) in [7, 11) is 2.07. The fourth-order valence-corrected chi connectivity index (χ4v) is 1.36. The molecule has 0 aliphatic carbocycles. The normalized spacial score (nSPS) is 37.7. The molecule has 0 aromatic carbocycles. The Morgan fingerprint density at radius 3 is 2.56 bits per heavy atom. The number of rotatable bonds is 1. The number of hydrogen-bond donors (Lipinski definition) is 1. The van der Waals surface area contributed by atoms with Crippen LogP contribution in [0.15, 0.2) is 0 Å². The lowest BCUT2D eigenvalue weighted by molar-refractivity contribution is 0.100. The minimum atomic E-state index is 0.0833. The predicted molar refractivity (Wildman–Crippen MR) is 37.4 cm³/mol. The van der Waals surface area contributed by atoms with Crippen LogP contribution in [0.5, 0.6) is 0 Å². The largest absolute Gasteiger partial charge is 0.394 e. The highest BCUT2D eigenvalue weighted by molar-refractivity contribution is 4.88. The quantitative estimate of drug-likeness (QED) is 0.556.